The van der Waals surface area contributed by atoms with Gasteiger partial charge in [-0.2, -0.15) is 0 Å². The summed E-state index contributed by atoms with van der Waals surface area (Å²) < 4.78 is 5.89. The minimum atomic E-state index is -0.810. The average molecular weight is 290 g/mol. The molecule has 0 spiro atoms. The summed E-state index contributed by atoms with van der Waals surface area (Å²) in [5.41, 5.74) is 6.86. The first-order chi connectivity index (χ1) is 9.86. The fourth-order valence-corrected chi connectivity index (χ4v) is 2.58. The molecule has 116 valence electrons. The van der Waals surface area contributed by atoms with Gasteiger partial charge >= 0.3 is 0 Å². The molecule has 4 nitrogen and oxygen atoms in total. The van der Waals surface area contributed by atoms with Gasteiger partial charge in [-0.15, -0.1) is 0 Å². The molecule has 0 saturated heterocycles. The summed E-state index contributed by atoms with van der Waals surface area (Å²) in [6.45, 7) is 9.29. The van der Waals surface area contributed by atoms with Crippen LogP contribution in [0.25, 0.3) is 0 Å². The number of hydrogen-bond donors (Lipinski definition) is 1. The number of carbonyl (C=O) groups excluding carboxylic acids is 1. The number of anilines is 1. The fraction of sp³-hybridized carbons (Fsp3) is 0.588. The molecular weight excluding hydrogens is 264 g/mol. The van der Waals surface area contributed by atoms with E-state index >= 15 is 0 Å². The number of benzene rings is 1. The topological polar surface area (TPSA) is 55.6 Å². The molecule has 0 radical (unpaired) electrons. The van der Waals surface area contributed by atoms with Crippen LogP contribution in [0.15, 0.2) is 18.2 Å². The molecule has 21 heavy (non-hydrogen) atoms. The second-order valence-corrected chi connectivity index (χ2v) is 6.45. The molecule has 0 bridgehead atoms. The van der Waals surface area contributed by atoms with Crippen LogP contribution in [0.5, 0.6) is 5.75 Å². The van der Waals surface area contributed by atoms with Crippen molar-refractivity contribution in [3.63, 3.8) is 0 Å². The second-order valence-electron chi connectivity index (χ2n) is 6.45. The summed E-state index contributed by atoms with van der Waals surface area (Å²) in [5, 5.41) is 0. The van der Waals surface area contributed by atoms with Gasteiger partial charge in [-0.25, -0.2) is 0 Å². The second kappa shape index (κ2) is 6.06. The van der Waals surface area contributed by atoms with Gasteiger partial charge < -0.3 is 15.4 Å². The van der Waals surface area contributed by atoms with E-state index in [-0.39, 0.29) is 5.91 Å². The van der Waals surface area contributed by atoms with Crippen LogP contribution in [0.1, 0.15) is 52.0 Å². The van der Waals surface area contributed by atoms with Crippen LogP contribution in [-0.2, 0) is 4.79 Å². The number of fused-ring (bicyclic) bond motifs is 1. The smallest absolute Gasteiger partial charge is 0.270 e. The van der Waals surface area contributed by atoms with Gasteiger partial charge in [0, 0.05) is 6.54 Å². The number of amides is 1. The lowest BCUT2D eigenvalue weighted by Crippen LogP contribution is -2.52. The van der Waals surface area contributed by atoms with Gasteiger partial charge in [-0.3, -0.25) is 4.79 Å². The van der Waals surface area contributed by atoms with Crippen molar-refractivity contribution in [3.8, 4) is 5.75 Å². The molecular formula is C17H26N2O2. The Balaban J connectivity index is 2.38. The molecule has 0 aliphatic carbocycles. The van der Waals surface area contributed by atoms with E-state index in [1.54, 1.807) is 0 Å². The molecule has 1 heterocycles. The predicted octanol–water partition coefficient (Wildman–Crippen LogP) is 3.05. The number of unbranched alkanes of at least 4 members (excludes halogenated alkanes) is 1. The largest absolute Gasteiger partial charge is 0.476 e. The molecule has 1 amide bonds. The molecule has 1 aromatic carbocycles. The quantitative estimate of drug-likeness (QED) is 0.848. The monoisotopic (exact) mass is 290 g/mol. The summed E-state index contributed by atoms with van der Waals surface area (Å²) in [7, 11) is 0. The van der Waals surface area contributed by atoms with E-state index in [9.17, 15) is 4.79 Å². The third kappa shape index (κ3) is 3.21. The van der Waals surface area contributed by atoms with Crippen LogP contribution in [0.4, 0.5) is 5.69 Å². The molecule has 1 aromatic rings. The first kappa shape index (κ1) is 15.8. The van der Waals surface area contributed by atoms with E-state index in [1.807, 2.05) is 24.8 Å². The zero-order valence-electron chi connectivity index (χ0n) is 13.5. The molecule has 0 saturated carbocycles. The van der Waals surface area contributed by atoms with E-state index < -0.39 is 5.60 Å². The minimum Gasteiger partial charge on any atom is -0.476 e. The first-order valence-corrected chi connectivity index (χ1v) is 7.72. The van der Waals surface area contributed by atoms with Crippen molar-refractivity contribution in [1.29, 1.82) is 0 Å². The first-order valence-electron chi connectivity index (χ1n) is 7.72. The summed E-state index contributed by atoms with van der Waals surface area (Å²) in [4.78, 5) is 14.5. The van der Waals surface area contributed by atoms with Crippen LogP contribution in [0, 0.1) is 0 Å². The summed E-state index contributed by atoms with van der Waals surface area (Å²) >= 11 is 0. The lowest BCUT2D eigenvalue weighted by Gasteiger charge is -2.39. The van der Waals surface area contributed by atoms with Crippen molar-refractivity contribution >= 4 is 11.6 Å². The zero-order valence-corrected chi connectivity index (χ0v) is 13.5. The molecule has 2 N–H and O–H groups in total. The Morgan fingerprint density at radius 3 is 2.62 bits per heavy atom. The molecule has 4 heteroatoms. The molecule has 0 aromatic heterocycles. The predicted molar refractivity (Wildman–Crippen MR) is 85.9 cm³/mol. The van der Waals surface area contributed by atoms with Crippen LogP contribution >= 0.6 is 0 Å². The molecule has 0 fully saturated rings. The lowest BCUT2D eigenvalue weighted by atomic mass is 9.98. The fourth-order valence-electron chi connectivity index (χ4n) is 2.58. The van der Waals surface area contributed by atoms with Gasteiger partial charge in [0.1, 0.15) is 5.75 Å². The highest BCUT2D eigenvalue weighted by Gasteiger charge is 2.40. The van der Waals surface area contributed by atoms with Crippen molar-refractivity contribution in [2.24, 2.45) is 5.73 Å². The zero-order chi connectivity index (χ0) is 15.6. The lowest BCUT2D eigenvalue weighted by molar-refractivity contribution is -0.132. The Bertz CT molecular complexity index is 524. The van der Waals surface area contributed by atoms with Gasteiger partial charge in [0.2, 0.25) is 0 Å². The number of carbonyl (C=O) groups is 1. The maximum absolute atomic E-state index is 12.7. The summed E-state index contributed by atoms with van der Waals surface area (Å²) in [6, 6.07) is 6.14. The maximum atomic E-state index is 12.7. The van der Waals surface area contributed by atoms with Gasteiger partial charge in [0.15, 0.2) is 5.60 Å². The van der Waals surface area contributed by atoms with Crippen LogP contribution < -0.4 is 15.4 Å². The molecule has 1 aliphatic rings. The highest BCUT2D eigenvalue weighted by molar-refractivity contribution is 6.02. The Morgan fingerprint density at radius 1 is 1.29 bits per heavy atom. The van der Waals surface area contributed by atoms with Gasteiger partial charge in [-0.05, 0) is 56.8 Å². The average Bonchev–Trinajstić information content (AvgIpc) is 2.42. The van der Waals surface area contributed by atoms with E-state index in [4.69, 9.17) is 10.5 Å². The number of rotatable bonds is 5. The minimum absolute atomic E-state index is 0.0212. The van der Waals surface area contributed by atoms with Crippen molar-refractivity contribution < 1.29 is 9.53 Å². The van der Waals surface area contributed by atoms with Gasteiger partial charge in [0.05, 0.1) is 5.69 Å². The summed E-state index contributed by atoms with van der Waals surface area (Å²) in [5.74, 6) is 1.23. The van der Waals surface area contributed by atoms with Gasteiger partial charge in [-0.1, -0.05) is 19.9 Å². The highest BCUT2D eigenvalue weighted by Crippen LogP contribution is 2.39. The number of nitrogens with two attached hydrogens (primary N) is 1. The van der Waals surface area contributed by atoms with E-state index in [2.05, 4.69) is 26.0 Å². The van der Waals surface area contributed by atoms with Crippen LogP contribution in [0.3, 0.4) is 0 Å². The van der Waals surface area contributed by atoms with Crippen LogP contribution in [-0.4, -0.2) is 24.6 Å². The maximum Gasteiger partial charge on any atom is 0.270 e. The highest BCUT2D eigenvalue weighted by atomic mass is 16.5. The SMILES string of the molecule is CC(C)c1ccc2c(c1)N(CCCCN)C(=O)C(C)(C)O2. The Hall–Kier alpha value is -1.55. The Kier molecular flexibility index (Phi) is 4.57. The normalized spacial score (nSPS) is 16.9. The third-order valence-electron chi connectivity index (χ3n) is 3.90. The summed E-state index contributed by atoms with van der Waals surface area (Å²) in [6.07, 6.45) is 1.83. The van der Waals surface area contributed by atoms with Crippen LogP contribution in [0.2, 0.25) is 0 Å². The van der Waals surface area contributed by atoms with Crippen molar-refractivity contribution in [2.45, 2.75) is 52.1 Å². The molecule has 1 aliphatic heterocycles. The van der Waals surface area contributed by atoms with E-state index in [0.717, 1.165) is 24.3 Å². The van der Waals surface area contributed by atoms with Crippen molar-refractivity contribution in [3.05, 3.63) is 23.8 Å². The van der Waals surface area contributed by atoms with Gasteiger partial charge in [0.25, 0.3) is 5.91 Å². The molecule has 0 atom stereocenters. The van der Waals surface area contributed by atoms with Crippen molar-refractivity contribution in [2.75, 3.05) is 18.0 Å². The number of hydrogen-bond acceptors (Lipinski definition) is 3. The Morgan fingerprint density at radius 2 is 2.00 bits per heavy atom. The number of ether oxygens (including phenoxy) is 1. The standard InChI is InChI=1S/C17H26N2O2/c1-12(2)13-7-8-15-14(11-13)19(10-6-5-9-18)16(20)17(3,4)21-15/h7-8,11-12H,5-6,9-10,18H2,1-4H3. The van der Waals surface area contributed by atoms with E-state index in [1.165, 1.54) is 5.56 Å². The van der Waals surface area contributed by atoms with E-state index in [0.29, 0.717) is 19.0 Å². The molecule has 0 unspecified atom stereocenters. The Labute approximate surface area is 127 Å². The third-order valence-corrected chi connectivity index (χ3v) is 3.90. The molecule has 2 rings (SSSR count). The number of nitrogens with zero attached hydrogens (tertiary/aromatic N) is 1. The van der Waals surface area contributed by atoms with Crippen molar-refractivity contribution in [1.82, 2.24) is 0 Å².